The number of rotatable bonds is 0. The van der Waals surface area contributed by atoms with Crippen molar-refractivity contribution in [1.82, 2.24) is 0 Å². The summed E-state index contributed by atoms with van der Waals surface area (Å²) >= 11 is 0. The molecule has 2 nitrogen and oxygen atoms in total. The van der Waals surface area contributed by atoms with Crippen molar-refractivity contribution in [2.24, 2.45) is 34.5 Å². The normalized spacial score (nSPS) is 60.0. The molecule has 0 amide bonds. The number of fused-ring (bicyclic) bond motifs is 5. The van der Waals surface area contributed by atoms with Crippen LogP contribution in [-0.2, 0) is 0 Å². The minimum Gasteiger partial charge on any atom is -0.390 e. The summed E-state index contributed by atoms with van der Waals surface area (Å²) < 4.78 is 0. The van der Waals surface area contributed by atoms with Gasteiger partial charge in [-0.1, -0.05) is 26.7 Å². The van der Waals surface area contributed by atoms with Crippen LogP contribution in [0.3, 0.4) is 0 Å². The van der Waals surface area contributed by atoms with E-state index in [-0.39, 0.29) is 5.41 Å². The molecular formula is C19H32O2. The third kappa shape index (κ3) is 1.84. The molecule has 4 saturated carbocycles. The molecule has 0 aromatic rings. The summed E-state index contributed by atoms with van der Waals surface area (Å²) in [7, 11) is 0. The Bertz CT molecular complexity index is 422. The molecule has 120 valence electrons. The van der Waals surface area contributed by atoms with Crippen LogP contribution >= 0.6 is 0 Å². The lowest BCUT2D eigenvalue weighted by Crippen LogP contribution is -2.53. The first-order valence-electron chi connectivity index (χ1n) is 9.33. The van der Waals surface area contributed by atoms with Crippen LogP contribution in [0.5, 0.6) is 0 Å². The Morgan fingerprint density at radius 1 is 0.810 bits per heavy atom. The summed E-state index contributed by atoms with van der Waals surface area (Å²) in [5.41, 5.74) is 0.541. The molecule has 4 rings (SSSR count). The minimum atomic E-state index is -0.486. The first kappa shape index (κ1) is 14.5. The fraction of sp³-hybridized carbons (Fsp3) is 1.00. The standard InChI is InChI=1S/C19H32O2/c1-18-9-4-3-5-12(18)6-7-13-14(18)8-10-19(2)15(13)11-16(20)17(19)21/h12-17,20-21H,3-11H2,1-2H3/t12-,13-,14+,15+,16+,17+,18+,19+/m1/s1. The fourth-order valence-corrected chi connectivity index (χ4v) is 7.28. The molecule has 0 aromatic carbocycles. The lowest BCUT2D eigenvalue weighted by molar-refractivity contribution is -0.123. The van der Waals surface area contributed by atoms with Gasteiger partial charge in [-0.3, -0.25) is 0 Å². The Hall–Kier alpha value is -0.0800. The van der Waals surface area contributed by atoms with Gasteiger partial charge in [0.1, 0.15) is 0 Å². The van der Waals surface area contributed by atoms with Crippen molar-refractivity contribution in [1.29, 1.82) is 0 Å². The van der Waals surface area contributed by atoms with Crippen LogP contribution in [0, 0.1) is 34.5 Å². The van der Waals surface area contributed by atoms with E-state index < -0.39 is 12.2 Å². The molecule has 0 bridgehead atoms. The van der Waals surface area contributed by atoms with Gasteiger partial charge < -0.3 is 10.2 Å². The highest BCUT2D eigenvalue weighted by atomic mass is 16.3. The van der Waals surface area contributed by atoms with Gasteiger partial charge in [-0.15, -0.1) is 0 Å². The second-order valence-corrected chi connectivity index (χ2v) is 9.20. The monoisotopic (exact) mass is 292 g/mol. The third-order valence-electron chi connectivity index (χ3n) is 8.56. The summed E-state index contributed by atoms with van der Waals surface area (Å²) in [6, 6.07) is 0. The second-order valence-electron chi connectivity index (χ2n) is 9.20. The molecule has 4 fully saturated rings. The van der Waals surface area contributed by atoms with Crippen LogP contribution < -0.4 is 0 Å². The van der Waals surface area contributed by atoms with Gasteiger partial charge in [0, 0.05) is 0 Å². The summed E-state index contributed by atoms with van der Waals surface area (Å²) in [5.74, 6) is 3.12. The molecule has 0 aliphatic heterocycles. The Morgan fingerprint density at radius 2 is 1.62 bits per heavy atom. The Kier molecular flexibility index (Phi) is 3.25. The van der Waals surface area contributed by atoms with Crippen molar-refractivity contribution in [3.8, 4) is 0 Å². The highest BCUT2D eigenvalue weighted by molar-refractivity contribution is 5.10. The van der Waals surface area contributed by atoms with Crippen LogP contribution in [0.4, 0.5) is 0 Å². The molecule has 8 atom stereocenters. The van der Waals surface area contributed by atoms with Crippen molar-refractivity contribution < 1.29 is 10.2 Å². The van der Waals surface area contributed by atoms with E-state index in [1.54, 1.807) is 0 Å². The molecule has 4 aliphatic rings. The molecule has 2 heteroatoms. The minimum absolute atomic E-state index is 0.0154. The quantitative estimate of drug-likeness (QED) is 0.714. The van der Waals surface area contributed by atoms with Gasteiger partial charge in [-0.2, -0.15) is 0 Å². The largest absolute Gasteiger partial charge is 0.390 e. The topological polar surface area (TPSA) is 40.5 Å². The number of hydrogen-bond donors (Lipinski definition) is 2. The zero-order chi connectivity index (χ0) is 14.8. The van der Waals surface area contributed by atoms with Crippen molar-refractivity contribution in [3.63, 3.8) is 0 Å². The summed E-state index contributed by atoms with van der Waals surface area (Å²) in [4.78, 5) is 0. The van der Waals surface area contributed by atoms with Crippen molar-refractivity contribution in [2.75, 3.05) is 0 Å². The SMILES string of the molecule is C[C@]12CCCC[C@@H]1CC[C@@H]1[C@@H]2CC[C@]2(C)[C@@H](O)[C@@H](O)C[C@@H]12. The van der Waals surface area contributed by atoms with Gasteiger partial charge in [-0.25, -0.2) is 0 Å². The Labute approximate surface area is 129 Å². The van der Waals surface area contributed by atoms with E-state index in [4.69, 9.17) is 0 Å². The lowest BCUT2D eigenvalue weighted by atomic mass is 9.45. The Balaban J connectivity index is 1.65. The van der Waals surface area contributed by atoms with E-state index in [1.165, 1.54) is 44.9 Å². The van der Waals surface area contributed by atoms with E-state index >= 15 is 0 Å². The summed E-state index contributed by atoms with van der Waals surface area (Å²) in [5, 5.41) is 20.7. The van der Waals surface area contributed by atoms with Gasteiger partial charge in [0.2, 0.25) is 0 Å². The molecule has 0 spiro atoms. The smallest absolute Gasteiger partial charge is 0.0855 e. The van der Waals surface area contributed by atoms with Crippen LogP contribution in [0.25, 0.3) is 0 Å². The van der Waals surface area contributed by atoms with Gasteiger partial charge in [-0.05, 0) is 79.4 Å². The highest BCUT2D eigenvalue weighted by Crippen LogP contribution is 2.66. The maximum atomic E-state index is 10.5. The van der Waals surface area contributed by atoms with E-state index in [2.05, 4.69) is 13.8 Å². The molecular weight excluding hydrogens is 260 g/mol. The number of aliphatic hydroxyl groups excluding tert-OH is 2. The molecule has 0 heterocycles. The fourth-order valence-electron chi connectivity index (χ4n) is 7.28. The zero-order valence-electron chi connectivity index (χ0n) is 13.7. The molecule has 0 saturated heterocycles. The van der Waals surface area contributed by atoms with E-state index in [9.17, 15) is 10.2 Å². The molecule has 0 radical (unpaired) electrons. The average molecular weight is 292 g/mol. The highest BCUT2D eigenvalue weighted by Gasteiger charge is 2.61. The van der Waals surface area contributed by atoms with Crippen LogP contribution in [0.15, 0.2) is 0 Å². The van der Waals surface area contributed by atoms with E-state index in [0.29, 0.717) is 11.3 Å². The van der Waals surface area contributed by atoms with Gasteiger partial charge in [0.15, 0.2) is 0 Å². The van der Waals surface area contributed by atoms with E-state index in [1.807, 2.05) is 0 Å². The number of hydrogen-bond acceptors (Lipinski definition) is 2. The van der Waals surface area contributed by atoms with Crippen molar-refractivity contribution in [2.45, 2.75) is 83.8 Å². The van der Waals surface area contributed by atoms with Crippen molar-refractivity contribution >= 4 is 0 Å². The number of aliphatic hydroxyl groups is 2. The van der Waals surface area contributed by atoms with E-state index in [0.717, 1.165) is 30.6 Å². The van der Waals surface area contributed by atoms with Gasteiger partial charge >= 0.3 is 0 Å². The van der Waals surface area contributed by atoms with Crippen LogP contribution in [0.2, 0.25) is 0 Å². The van der Waals surface area contributed by atoms with Crippen molar-refractivity contribution in [3.05, 3.63) is 0 Å². The molecule has 21 heavy (non-hydrogen) atoms. The average Bonchev–Trinajstić information content (AvgIpc) is 2.70. The zero-order valence-corrected chi connectivity index (χ0v) is 13.7. The maximum absolute atomic E-state index is 10.5. The van der Waals surface area contributed by atoms with Crippen LogP contribution in [0.1, 0.15) is 71.6 Å². The predicted molar refractivity (Wildman–Crippen MR) is 83.7 cm³/mol. The first-order chi connectivity index (χ1) is 9.97. The molecule has 0 aromatic heterocycles. The third-order valence-corrected chi connectivity index (χ3v) is 8.56. The first-order valence-corrected chi connectivity index (χ1v) is 9.33. The maximum Gasteiger partial charge on any atom is 0.0855 e. The molecule has 0 unspecified atom stereocenters. The Morgan fingerprint density at radius 3 is 2.43 bits per heavy atom. The second kappa shape index (κ2) is 4.71. The summed E-state index contributed by atoms with van der Waals surface area (Å²) in [6.45, 7) is 4.84. The predicted octanol–water partition coefficient (Wildman–Crippen LogP) is 3.75. The van der Waals surface area contributed by atoms with Gasteiger partial charge in [0.05, 0.1) is 12.2 Å². The molecule has 4 aliphatic carbocycles. The van der Waals surface area contributed by atoms with Crippen LogP contribution in [-0.4, -0.2) is 22.4 Å². The van der Waals surface area contributed by atoms with Gasteiger partial charge in [0.25, 0.3) is 0 Å². The lowest BCUT2D eigenvalue weighted by Gasteiger charge is -2.60. The summed E-state index contributed by atoms with van der Waals surface area (Å²) in [6.07, 6.45) is 10.8. The molecule has 2 N–H and O–H groups in total.